The molecule has 1 amide bonds. The minimum Gasteiger partial charge on any atom is -0.325 e. The Morgan fingerprint density at radius 2 is 2.33 bits per heavy atom. The number of hydrogen-bond donors (Lipinski definition) is 2. The molecule has 1 saturated heterocycles. The van der Waals surface area contributed by atoms with E-state index in [4.69, 9.17) is 0 Å². The second kappa shape index (κ2) is 5.80. The summed E-state index contributed by atoms with van der Waals surface area (Å²) in [4.78, 5) is 12.1. The standard InChI is InChI=1S/C13H16BrFN2O/c1-8-6-9(4-5-16-8)13(18)17-12-7-10(15)2-3-11(12)14/h2-3,7-9,16H,4-6H2,1H3,(H,17,18). The summed E-state index contributed by atoms with van der Waals surface area (Å²) in [5, 5.41) is 6.09. The summed E-state index contributed by atoms with van der Waals surface area (Å²) < 4.78 is 13.8. The normalized spacial score (nSPS) is 23.7. The highest BCUT2D eigenvalue weighted by atomic mass is 79.9. The Hall–Kier alpha value is -0.940. The van der Waals surface area contributed by atoms with Gasteiger partial charge in [-0.2, -0.15) is 0 Å². The molecule has 5 heteroatoms. The number of piperidine rings is 1. The van der Waals surface area contributed by atoms with E-state index in [1.165, 1.54) is 12.1 Å². The smallest absolute Gasteiger partial charge is 0.227 e. The lowest BCUT2D eigenvalue weighted by atomic mass is 9.92. The average Bonchev–Trinajstić information content (AvgIpc) is 2.34. The molecule has 1 aliphatic rings. The number of carbonyl (C=O) groups excluding carboxylic acids is 1. The average molecular weight is 315 g/mol. The van der Waals surface area contributed by atoms with Crippen molar-refractivity contribution in [2.24, 2.45) is 5.92 Å². The SMILES string of the molecule is CC1CC(C(=O)Nc2cc(F)ccc2Br)CCN1. The number of benzene rings is 1. The number of amides is 1. The third-order valence-corrected chi connectivity index (χ3v) is 3.87. The topological polar surface area (TPSA) is 41.1 Å². The number of anilines is 1. The van der Waals surface area contributed by atoms with Crippen molar-refractivity contribution in [1.82, 2.24) is 5.32 Å². The molecule has 2 atom stereocenters. The molecule has 18 heavy (non-hydrogen) atoms. The van der Waals surface area contributed by atoms with Gasteiger partial charge in [0.2, 0.25) is 5.91 Å². The van der Waals surface area contributed by atoms with E-state index in [2.05, 4.69) is 33.5 Å². The molecule has 1 aromatic rings. The Morgan fingerprint density at radius 3 is 3.06 bits per heavy atom. The van der Waals surface area contributed by atoms with Crippen LogP contribution in [0.2, 0.25) is 0 Å². The van der Waals surface area contributed by atoms with Gasteiger partial charge in [0.1, 0.15) is 5.82 Å². The molecule has 0 bridgehead atoms. The first-order valence-corrected chi connectivity index (χ1v) is 6.85. The first-order valence-electron chi connectivity index (χ1n) is 6.05. The molecule has 0 saturated carbocycles. The summed E-state index contributed by atoms with van der Waals surface area (Å²) in [6, 6.07) is 4.62. The van der Waals surface area contributed by atoms with Gasteiger partial charge in [0.05, 0.1) is 5.69 Å². The van der Waals surface area contributed by atoms with Gasteiger partial charge >= 0.3 is 0 Å². The van der Waals surface area contributed by atoms with Crippen LogP contribution in [0.3, 0.4) is 0 Å². The molecular weight excluding hydrogens is 299 g/mol. The summed E-state index contributed by atoms with van der Waals surface area (Å²) in [6.45, 7) is 2.92. The van der Waals surface area contributed by atoms with E-state index in [0.29, 0.717) is 16.2 Å². The Kier molecular flexibility index (Phi) is 4.35. The van der Waals surface area contributed by atoms with Gasteiger partial charge < -0.3 is 10.6 Å². The van der Waals surface area contributed by atoms with Gasteiger partial charge in [-0.05, 0) is 60.4 Å². The maximum atomic E-state index is 13.1. The van der Waals surface area contributed by atoms with Gasteiger partial charge in [-0.1, -0.05) is 0 Å². The quantitative estimate of drug-likeness (QED) is 0.881. The summed E-state index contributed by atoms with van der Waals surface area (Å²) in [6.07, 6.45) is 1.64. The molecule has 0 aliphatic carbocycles. The molecule has 0 spiro atoms. The maximum Gasteiger partial charge on any atom is 0.227 e. The Bertz CT molecular complexity index is 453. The minimum atomic E-state index is -0.354. The molecule has 1 aliphatic heterocycles. The van der Waals surface area contributed by atoms with Gasteiger partial charge in [0.25, 0.3) is 0 Å². The van der Waals surface area contributed by atoms with Crippen LogP contribution in [0.1, 0.15) is 19.8 Å². The molecule has 1 fully saturated rings. The van der Waals surface area contributed by atoms with Gasteiger partial charge in [-0.3, -0.25) is 4.79 Å². The van der Waals surface area contributed by atoms with Crippen LogP contribution in [0.15, 0.2) is 22.7 Å². The summed E-state index contributed by atoms with van der Waals surface area (Å²) in [7, 11) is 0. The van der Waals surface area contributed by atoms with Gasteiger partial charge in [-0.25, -0.2) is 4.39 Å². The monoisotopic (exact) mass is 314 g/mol. The summed E-state index contributed by atoms with van der Waals surface area (Å²) in [5.41, 5.74) is 0.492. The lowest BCUT2D eigenvalue weighted by Gasteiger charge is -2.27. The van der Waals surface area contributed by atoms with E-state index in [1.807, 2.05) is 0 Å². The molecule has 1 aromatic carbocycles. The predicted molar refractivity (Wildman–Crippen MR) is 72.9 cm³/mol. The second-order valence-electron chi connectivity index (χ2n) is 4.69. The van der Waals surface area contributed by atoms with Crippen LogP contribution in [0.5, 0.6) is 0 Å². The van der Waals surface area contributed by atoms with Gasteiger partial charge in [0.15, 0.2) is 0 Å². The van der Waals surface area contributed by atoms with E-state index in [0.717, 1.165) is 19.4 Å². The Morgan fingerprint density at radius 1 is 1.56 bits per heavy atom. The predicted octanol–water partition coefficient (Wildman–Crippen LogP) is 2.91. The van der Waals surface area contributed by atoms with Crippen LogP contribution in [-0.2, 0) is 4.79 Å². The third-order valence-electron chi connectivity index (χ3n) is 3.18. The summed E-state index contributed by atoms with van der Waals surface area (Å²) >= 11 is 3.30. The number of nitrogens with one attached hydrogen (secondary N) is 2. The zero-order valence-electron chi connectivity index (χ0n) is 10.2. The van der Waals surface area contributed by atoms with Crippen LogP contribution in [0.25, 0.3) is 0 Å². The fraction of sp³-hybridized carbons (Fsp3) is 0.462. The molecule has 1 heterocycles. The third kappa shape index (κ3) is 3.29. The fourth-order valence-electron chi connectivity index (χ4n) is 2.20. The number of carbonyl (C=O) groups is 1. The largest absolute Gasteiger partial charge is 0.325 e. The minimum absolute atomic E-state index is 0.00332. The Labute approximate surface area is 114 Å². The van der Waals surface area contributed by atoms with Crippen molar-refractivity contribution in [3.8, 4) is 0 Å². The lowest BCUT2D eigenvalue weighted by molar-refractivity contribution is -0.120. The van der Waals surface area contributed by atoms with Crippen LogP contribution >= 0.6 is 15.9 Å². The first-order chi connectivity index (χ1) is 8.56. The van der Waals surface area contributed by atoms with Crippen LogP contribution < -0.4 is 10.6 Å². The highest BCUT2D eigenvalue weighted by Gasteiger charge is 2.25. The highest BCUT2D eigenvalue weighted by Crippen LogP contribution is 2.25. The van der Waals surface area contributed by atoms with E-state index in [1.54, 1.807) is 6.07 Å². The molecule has 2 unspecified atom stereocenters. The van der Waals surface area contributed by atoms with E-state index < -0.39 is 0 Å². The van der Waals surface area contributed by atoms with Crippen molar-refractivity contribution >= 4 is 27.5 Å². The van der Waals surface area contributed by atoms with E-state index >= 15 is 0 Å². The fourth-order valence-corrected chi connectivity index (χ4v) is 2.54. The van der Waals surface area contributed by atoms with Crippen molar-refractivity contribution in [3.05, 3.63) is 28.5 Å². The lowest BCUT2D eigenvalue weighted by Crippen LogP contribution is -2.40. The maximum absolute atomic E-state index is 13.1. The van der Waals surface area contributed by atoms with Crippen molar-refractivity contribution in [3.63, 3.8) is 0 Å². The molecule has 2 rings (SSSR count). The number of rotatable bonds is 2. The van der Waals surface area contributed by atoms with Gasteiger partial charge in [0, 0.05) is 16.4 Å². The Balaban J connectivity index is 2.04. The van der Waals surface area contributed by atoms with E-state index in [-0.39, 0.29) is 17.6 Å². The second-order valence-corrected chi connectivity index (χ2v) is 5.54. The first kappa shape index (κ1) is 13.5. The van der Waals surface area contributed by atoms with Gasteiger partial charge in [-0.15, -0.1) is 0 Å². The van der Waals surface area contributed by atoms with Crippen LogP contribution in [-0.4, -0.2) is 18.5 Å². The van der Waals surface area contributed by atoms with Crippen molar-refractivity contribution in [2.75, 3.05) is 11.9 Å². The van der Waals surface area contributed by atoms with Crippen LogP contribution in [0, 0.1) is 11.7 Å². The van der Waals surface area contributed by atoms with Crippen LogP contribution in [0.4, 0.5) is 10.1 Å². The molecular formula is C13H16BrFN2O. The molecule has 2 N–H and O–H groups in total. The van der Waals surface area contributed by atoms with Crippen molar-refractivity contribution in [1.29, 1.82) is 0 Å². The van der Waals surface area contributed by atoms with Crippen molar-refractivity contribution in [2.45, 2.75) is 25.8 Å². The molecule has 3 nitrogen and oxygen atoms in total. The van der Waals surface area contributed by atoms with Crippen molar-refractivity contribution < 1.29 is 9.18 Å². The number of hydrogen-bond acceptors (Lipinski definition) is 2. The molecule has 0 aromatic heterocycles. The molecule has 98 valence electrons. The van der Waals surface area contributed by atoms with E-state index in [9.17, 15) is 9.18 Å². The summed E-state index contributed by atoms with van der Waals surface area (Å²) in [5.74, 6) is -0.391. The number of halogens is 2. The zero-order valence-corrected chi connectivity index (χ0v) is 11.8. The zero-order chi connectivity index (χ0) is 13.1. The highest BCUT2D eigenvalue weighted by molar-refractivity contribution is 9.10. The molecule has 0 radical (unpaired) electrons.